The van der Waals surface area contributed by atoms with Gasteiger partial charge in [-0.05, 0) is 58.3 Å². The van der Waals surface area contributed by atoms with E-state index < -0.39 is 40.2 Å². The number of esters is 1. The number of ether oxygens (including phenoxy) is 2. The molecule has 1 aliphatic heterocycles. The molecule has 0 amide bonds. The predicted octanol–water partition coefficient (Wildman–Crippen LogP) is 3.38. The molecule has 0 aromatic carbocycles. The van der Waals surface area contributed by atoms with Crippen molar-refractivity contribution in [2.24, 2.45) is 0 Å². The second kappa shape index (κ2) is 9.38. The van der Waals surface area contributed by atoms with Crippen LogP contribution in [0.3, 0.4) is 0 Å². The normalized spacial score (nSPS) is 23.5. The minimum Gasteiger partial charge on any atom is -0.460 e. The van der Waals surface area contributed by atoms with E-state index in [0.29, 0.717) is 13.2 Å². The molecule has 1 fully saturated rings. The molecular weight excluding hydrogens is 405 g/mol. The van der Waals surface area contributed by atoms with Crippen LogP contribution in [0.15, 0.2) is 12.7 Å². The minimum atomic E-state index is -2.43. The van der Waals surface area contributed by atoms with Gasteiger partial charge in [0.15, 0.2) is 0 Å². The van der Waals surface area contributed by atoms with Crippen LogP contribution in [0.1, 0.15) is 6.42 Å². The highest BCUT2D eigenvalue weighted by Gasteiger charge is 2.52. The minimum absolute atomic E-state index is 0.230. The monoisotopic (exact) mass is 438 g/mol. The third kappa shape index (κ3) is 9.19. The highest BCUT2D eigenvalue weighted by molar-refractivity contribution is 6.93. The van der Waals surface area contributed by atoms with E-state index in [2.05, 4.69) is 52.4 Å². The van der Waals surface area contributed by atoms with E-state index in [0.717, 1.165) is 18.5 Å². The van der Waals surface area contributed by atoms with Crippen LogP contribution in [0.2, 0.25) is 51.9 Å². The van der Waals surface area contributed by atoms with Crippen LogP contribution in [-0.4, -0.2) is 60.0 Å². The molecule has 11 heteroatoms. The number of rotatable bonds is 8. The van der Waals surface area contributed by atoms with Gasteiger partial charge in [-0.2, -0.15) is 0 Å². The fraction of sp³-hybridized carbons (Fsp3) is 0.800. The molecule has 1 rings (SSSR count). The van der Waals surface area contributed by atoms with Crippen molar-refractivity contribution in [1.82, 2.24) is 0 Å². The van der Waals surface area contributed by atoms with Gasteiger partial charge >= 0.3 is 40.2 Å². The zero-order valence-corrected chi connectivity index (χ0v) is 21.2. The van der Waals surface area contributed by atoms with Crippen LogP contribution in [0.25, 0.3) is 0 Å². The molecule has 1 saturated heterocycles. The Morgan fingerprint density at radius 3 is 1.85 bits per heavy atom. The second-order valence-electron chi connectivity index (χ2n) is 7.83. The highest BCUT2D eigenvalue weighted by Crippen LogP contribution is 2.32. The molecule has 0 aromatic rings. The quantitative estimate of drug-likeness (QED) is 0.249. The molecule has 0 atom stereocenters. The molecular formula is C15H34O7Si4. The summed E-state index contributed by atoms with van der Waals surface area (Å²) in [5, 5.41) is 0. The third-order valence-electron chi connectivity index (χ3n) is 3.46. The molecule has 1 aliphatic rings. The lowest BCUT2D eigenvalue weighted by molar-refractivity contribution is -0.139. The molecule has 0 bridgehead atoms. The first-order valence-corrected chi connectivity index (χ1v) is 19.9. The Kier molecular flexibility index (Phi) is 8.63. The lowest BCUT2D eigenvalue weighted by Crippen LogP contribution is -2.65. The highest BCUT2D eigenvalue weighted by atomic mass is 28.5. The number of carbonyl (C=O) groups excluding carboxylic acids is 1. The Bertz CT molecular complexity index is 474. The molecule has 0 unspecified atom stereocenters. The van der Waals surface area contributed by atoms with Crippen molar-refractivity contribution >= 4 is 40.2 Å². The maximum absolute atomic E-state index is 10.9. The molecule has 0 saturated carbocycles. The van der Waals surface area contributed by atoms with E-state index in [1.54, 1.807) is 0 Å². The summed E-state index contributed by atoms with van der Waals surface area (Å²) in [7, 11) is -9.31. The predicted molar refractivity (Wildman–Crippen MR) is 110 cm³/mol. The maximum Gasteiger partial charge on any atom is 0.330 e. The Morgan fingerprint density at radius 2 is 1.35 bits per heavy atom. The van der Waals surface area contributed by atoms with E-state index in [1.165, 1.54) is 0 Å². The molecule has 0 radical (unpaired) electrons. The SMILES string of the molecule is C=CC(=O)OCCOCCC[Si]1(C)O[Si](C)(C)O[Si](C)(C)O[Si](C)(C)O1. The van der Waals surface area contributed by atoms with Crippen molar-refractivity contribution in [2.75, 3.05) is 19.8 Å². The summed E-state index contributed by atoms with van der Waals surface area (Å²) < 4.78 is 36.0. The van der Waals surface area contributed by atoms with Gasteiger partial charge in [0, 0.05) is 12.7 Å². The zero-order chi connectivity index (χ0) is 20.1. The molecule has 152 valence electrons. The summed E-state index contributed by atoms with van der Waals surface area (Å²) in [6.45, 7) is 18.9. The van der Waals surface area contributed by atoms with Crippen LogP contribution in [0.4, 0.5) is 0 Å². The number of hydrogen-bond donors (Lipinski definition) is 0. The average molecular weight is 439 g/mol. The molecule has 1 heterocycles. The van der Waals surface area contributed by atoms with E-state index >= 15 is 0 Å². The molecule has 0 N–H and O–H groups in total. The van der Waals surface area contributed by atoms with Crippen LogP contribution in [-0.2, 0) is 30.7 Å². The van der Waals surface area contributed by atoms with Crippen LogP contribution >= 0.6 is 0 Å². The Labute approximate surface area is 162 Å². The number of carbonyl (C=O) groups is 1. The average Bonchev–Trinajstić information content (AvgIpc) is 2.40. The standard InChI is InChI=1S/C15H34O7Si4/c1-9-15(16)18-13-12-17-11-10-14-26(8)21-24(4,5)19-23(2,3)20-25(6,7)22-26/h9H,1,10-14H2,2-8H3. The third-order valence-corrected chi connectivity index (χ3v) is 20.0. The van der Waals surface area contributed by atoms with Gasteiger partial charge < -0.3 is 25.9 Å². The van der Waals surface area contributed by atoms with E-state index in [1.807, 2.05) is 0 Å². The Morgan fingerprint density at radius 1 is 0.846 bits per heavy atom. The van der Waals surface area contributed by atoms with Crippen molar-refractivity contribution in [3.8, 4) is 0 Å². The van der Waals surface area contributed by atoms with Gasteiger partial charge in [0.25, 0.3) is 0 Å². The first-order chi connectivity index (χ1) is 11.8. The van der Waals surface area contributed by atoms with Crippen molar-refractivity contribution in [3.05, 3.63) is 12.7 Å². The lowest BCUT2D eigenvalue weighted by Gasteiger charge is -2.47. The van der Waals surface area contributed by atoms with Gasteiger partial charge in [0.1, 0.15) is 6.61 Å². The van der Waals surface area contributed by atoms with Gasteiger partial charge in [-0.15, -0.1) is 0 Å². The van der Waals surface area contributed by atoms with Gasteiger partial charge in [0.2, 0.25) is 0 Å². The van der Waals surface area contributed by atoms with E-state index in [4.69, 9.17) is 25.9 Å². The zero-order valence-electron chi connectivity index (χ0n) is 17.2. The first-order valence-electron chi connectivity index (χ1n) is 8.96. The molecule has 0 aromatic heterocycles. The largest absolute Gasteiger partial charge is 0.460 e. The van der Waals surface area contributed by atoms with Crippen molar-refractivity contribution in [2.45, 2.75) is 58.3 Å². The maximum atomic E-state index is 10.9. The van der Waals surface area contributed by atoms with E-state index in [9.17, 15) is 4.79 Å². The van der Waals surface area contributed by atoms with Gasteiger partial charge in [-0.3, -0.25) is 0 Å². The summed E-state index contributed by atoms with van der Waals surface area (Å²) in [6.07, 6.45) is 1.95. The number of hydrogen-bond acceptors (Lipinski definition) is 7. The molecule has 26 heavy (non-hydrogen) atoms. The second-order valence-corrected chi connectivity index (χ2v) is 22.3. The van der Waals surface area contributed by atoms with E-state index in [-0.39, 0.29) is 6.61 Å². The van der Waals surface area contributed by atoms with Crippen LogP contribution in [0, 0.1) is 0 Å². The summed E-state index contributed by atoms with van der Waals surface area (Å²) in [6, 6.07) is 0.807. The fourth-order valence-electron chi connectivity index (χ4n) is 3.27. The Balaban J connectivity index is 2.52. The van der Waals surface area contributed by atoms with Crippen molar-refractivity contribution in [1.29, 1.82) is 0 Å². The fourth-order valence-corrected chi connectivity index (χ4v) is 24.8. The smallest absolute Gasteiger partial charge is 0.330 e. The molecule has 0 spiro atoms. The van der Waals surface area contributed by atoms with Crippen molar-refractivity contribution < 1.29 is 30.7 Å². The molecule has 0 aliphatic carbocycles. The summed E-state index contributed by atoms with van der Waals surface area (Å²) >= 11 is 0. The van der Waals surface area contributed by atoms with Gasteiger partial charge in [0.05, 0.1) is 6.61 Å². The van der Waals surface area contributed by atoms with Crippen LogP contribution in [0.5, 0.6) is 0 Å². The van der Waals surface area contributed by atoms with Gasteiger partial charge in [-0.1, -0.05) is 6.58 Å². The topological polar surface area (TPSA) is 72.5 Å². The molecule has 7 nitrogen and oxygen atoms in total. The Hall–Kier alpha value is -0.122. The summed E-state index contributed by atoms with van der Waals surface area (Å²) in [4.78, 5) is 10.9. The summed E-state index contributed by atoms with van der Waals surface area (Å²) in [5.74, 6) is -0.435. The van der Waals surface area contributed by atoms with Crippen LogP contribution < -0.4 is 0 Å². The lowest BCUT2D eigenvalue weighted by atomic mass is 10.5. The van der Waals surface area contributed by atoms with Crippen molar-refractivity contribution in [3.63, 3.8) is 0 Å². The summed E-state index contributed by atoms with van der Waals surface area (Å²) in [5.41, 5.74) is 0. The van der Waals surface area contributed by atoms with Gasteiger partial charge in [-0.25, -0.2) is 4.79 Å². The first kappa shape index (κ1) is 23.9.